The zero-order chi connectivity index (χ0) is 37.6. The number of rotatable bonds is 9. The number of pyridine rings is 2. The summed E-state index contributed by atoms with van der Waals surface area (Å²) in [5, 5.41) is 0. The van der Waals surface area contributed by atoms with Crippen LogP contribution in [0.15, 0.2) is 82.9 Å². The minimum atomic E-state index is -3.67. The maximum absolute atomic E-state index is 14.5. The number of benzene rings is 2. The van der Waals surface area contributed by atoms with Gasteiger partial charge in [0.1, 0.15) is 11.4 Å². The Balaban J connectivity index is 0.000000979. The molecule has 2 aliphatic heterocycles. The van der Waals surface area contributed by atoms with Crippen LogP contribution >= 0.6 is 0 Å². The molecule has 1 unspecified atom stereocenters. The van der Waals surface area contributed by atoms with E-state index in [1.165, 1.54) is 0 Å². The van der Waals surface area contributed by atoms with Gasteiger partial charge in [-0.05, 0) is 67.5 Å². The van der Waals surface area contributed by atoms with Crippen LogP contribution in [0.3, 0.4) is 0 Å². The second-order valence-electron chi connectivity index (χ2n) is 12.8. The van der Waals surface area contributed by atoms with Crippen molar-refractivity contribution in [1.82, 2.24) is 9.55 Å². The van der Waals surface area contributed by atoms with E-state index in [-0.39, 0.29) is 11.5 Å². The lowest BCUT2D eigenvalue weighted by Gasteiger charge is -2.37. The number of carbonyl (C=O) groups is 1. The number of nitrogens with two attached hydrogens (primary N) is 2. The quantitative estimate of drug-likeness (QED) is 0.204. The average molecular weight is 730 g/mol. The molecule has 274 valence electrons. The monoisotopic (exact) mass is 729 g/mol. The molecule has 2 aromatic heterocycles. The van der Waals surface area contributed by atoms with Crippen LogP contribution in [-0.2, 0) is 26.8 Å². The maximum Gasteiger partial charge on any atom is 0.261 e. The predicted molar refractivity (Wildman–Crippen MR) is 200 cm³/mol. The molecule has 13 nitrogen and oxygen atoms in total. The van der Waals surface area contributed by atoms with E-state index in [0.717, 1.165) is 24.0 Å². The number of ether oxygens (including phenoxy) is 3. The van der Waals surface area contributed by atoms with Crippen molar-refractivity contribution in [2.75, 3.05) is 39.4 Å². The van der Waals surface area contributed by atoms with Crippen molar-refractivity contribution in [1.29, 1.82) is 0 Å². The Kier molecular flexibility index (Phi) is 11.6. The van der Waals surface area contributed by atoms with Crippen molar-refractivity contribution in [3.05, 3.63) is 111 Å². The van der Waals surface area contributed by atoms with Gasteiger partial charge in [0.15, 0.2) is 11.5 Å². The molecule has 0 radical (unpaired) electrons. The molecule has 6 rings (SSSR count). The highest BCUT2D eigenvalue weighted by atomic mass is 32.2. The SMILES string of the molecule is COc1ccc(C2(c3c(C(N)=O)c(=O)c(-c4ccc(C)cc4)cn3CC3CCOCC3)C=NC(c3cccnc3N)=CC2)cc1OC.CS(=O)(=O)O. The molecule has 1 fully saturated rings. The summed E-state index contributed by atoms with van der Waals surface area (Å²) < 4.78 is 44.8. The third kappa shape index (κ3) is 8.41. The average Bonchev–Trinajstić information content (AvgIpc) is 3.12. The Bertz CT molecular complexity index is 2170. The van der Waals surface area contributed by atoms with Gasteiger partial charge in [0.05, 0.1) is 37.3 Å². The Morgan fingerprint density at radius 2 is 1.73 bits per heavy atom. The smallest absolute Gasteiger partial charge is 0.261 e. The summed E-state index contributed by atoms with van der Waals surface area (Å²) in [7, 11) is -0.526. The van der Waals surface area contributed by atoms with Crippen LogP contribution in [0.5, 0.6) is 11.5 Å². The number of aryl methyl sites for hydroxylation is 1. The highest BCUT2D eigenvalue weighted by Gasteiger charge is 2.42. The summed E-state index contributed by atoms with van der Waals surface area (Å²) in [6, 6.07) is 16.9. The van der Waals surface area contributed by atoms with Gasteiger partial charge < -0.3 is 30.2 Å². The molecule has 52 heavy (non-hydrogen) atoms. The Labute approximate surface area is 302 Å². The summed E-state index contributed by atoms with van der Waals surface area (Å²) in [5.41, 5.74) is 15.5. The fraction of sp³-hybridized carbons (Fsp3) is 0.316. The summed E-state index contributed by atoms with van der Waals surface area (Å²) in [6.45, 7) is 3.83. The number of nitrogen functional groups attached to an aromatic ring is 1. The van der Waals surface area contributed by atoms with Crippen LogP contribution < -0.4 is 26.4 Å². The van der Waals surface area contributed by atoms with E-state index < -0.39 is 26.9 Å². The summed E-state index contributed by atoms with van der Waals surface area (Å²) >= 11 is 0. The Morgan fingerprint density at radius 3 is 2.31 bits per heavy atom. The fourth-order valence-electron chi connectivity index (χ4n) is 6.62. The molecule has 1 atom stereocenters. The van der Waals surface area contributed by atoms with Crippen LogP contribution in [0.4, 0.5) is 5.82 Å². The van der Waals surface area contributed by atoms with E-state index in [4.69, 9.17) is 35.2 Å². The Morgan fingerprint density at radius 1 is 1.06 bits per heavy atom. The summed E-state index contributed by atoms with van der Waals surface area (Å²) in [5.74, 6) is 0.841. The van der Waals surface area contributed by atoms with E-state index in [1.807, 2.05) is 72.3 Å². The summed E-state index contributed by atoms with van der Waals surface area (Å²) in [6.07, 6.45) is 10.0. The molecule has 0 saturated carbocycles. The number of aromatic nitrogens is 2. The molecule has 2 aliphatic rings. The number of methoxy groups -OCH3 is 2. The molecule has 14 heteroatoms. The largest absolute Gasteiger partial charge is 0.493 e. The Hall–Kier alpha value is -5.31. The molecular formula is C38H43N5O8S. The maximum atomic E-state index is 14.5. The summed E-state index contributed by atoms with van der Waals surface area (Å²) in [4.78, 5) is 37.2. The van der Waals surface area contributed by atoms with Crippen molar-refractivity contribution in [3.63, 3.8) is 0 Å². The topological polar surface area (TPSA) is 198 Å². The molecule has 1 amide bonds. The number of hydrogen-bond donors (Lipinski definition) is 3. The number of allylic oxidation sites excluding steroid dienone is 1. The zero-order valence-electron chi connectivity index (χ0n) is 29.5. The first kappa shape index (κ1) is 37.9. The second-order valence-corrected chi connectivity index (χ2v) is 14.3. The molecule has 0 bridgehead atoms. The molecule has 0 aliphatic carbocycles. The van der Waals surface area contributed by atoms with Gasteiger partial charge >= 0.3 is 0 Å². The van der Waals surface area contributed by atoms with Crippen LogP contribution in [0.1, 0.15) is 52.0 Å². The van der Waals surface area contributed by atoms with Gasteiger partial charge in [0, 0.05) is 49.5 Å². The zero-order valence-corrected chi connectivity index (χ0v) is 30.4. The number of aliphatic imine (C=N–C) groups is 1. The van der Waals surface area contributed by atoms with Crippen LogP contribution in [-0.4, -0.2) is 68.3 Å². The molecule has 1 saturated heterocycles. The van der Waals surface area contributed by atoms with Gasteiger partial charge in [-0.2, -0.15) is 8.42 Å². The van der Waals surface area contributed by atoms with E-state index in [0.29, 0.717) is 77.8 Å². The van der Waals surface area contributed by atoms with Gasteiger partial charge in [0.25, 0.3) is 16.0 Å². The third-order valence-corrected chi connectivity index (χ3v) is 9.16. The lowest BCUT2D eigenvalue weighted by molar-refractivity contribution is 0.0608. The second kappa shape index (κ2) is 15.9. The molecule has 4 heterocycles. The van der Waals surface area contributed by atoms with Gasteiger partial charge in [-0.15, -0.1) is 0 Å². The number of amides is 1. The molecule has 0 spiro atoms. The number of anilines is 1. The first-order valence-corrected chi connectivity index (χ1v) is 18.4. The predicted octanol–water partition coefficient (Wildman–Crippen LogP) is 4.65. The van der Waals surface area contributed by atoms with Gasteiger partial charge in [-0.1, -0.05) is 42.0 Å². The standard InChI is InChI=1S/C37H39N5O5.CH4O3S/c1-23-6-8-25(9-7-23)28-21-42(20-24-13-17-47-18-14-24)34(32(33(28)43)36(39)44)37(26-10-11-30(45-2)31(19-26)46-3)15-12-29(41-22-37)27-5-4-16-40-35(27)38;1-5(2,3)4/h4-12,16,19,21-22,24H,13-15,17-18,20H2,1-3H3,(H2,38,40)(H2,39,44);1H3,(H,2,3,4). The lowest BCUT2D eigenvalue weighted by Crippen LogP contribution is -2.41. The third-order valence-electron chi connectivity index (χ3n) is 9.16. The van der Waals surface area contributed by atoms with E-state index in [1.54, 1.807) is 32.7 Å². The highest BCUT2D eigenvalue weighted by molar-refractivity contribution is 7.85. The molecule has 2 aromatic carbocycles. The van der Waals surface area contributed by atoms with Crippen molar-refractivity contribution in [3.8, 4) is 22.6 Å². The number of primary amides is 1. The van der Waals surface area contributed by atoms with E-state index in [9.17, 15) is 18.0 Å². The first-order chi connectivity index (χ1) is 24.8. The van der Waals surface area contributed by atoms with Crippen LogP contribution in [0.2, 0.25) is 0 Å². The first-order valence-electron chi connectivity index (χ1n) is 16.6. The molecule has 5 N–H and O–H groups in total. The van der Waals surface area contributed by atoms with Crippen LogP contribution in [0.25, 0.3) is 16.8 Å². The number of nitrogens with zero attached hydrogens (tertiary/aromatic N) is 3. The molecular weight excluding hydrogens is 687 g/mol. The number of carbonyl (C=O) groups excluding carboxylic acids is 1. The molecule has 4 aromatic rings. The fourth-order valence-corrected chi connectivity index (χ4v) is 6.62. The van der Waals surface area contributed by atoms with Crippen molar-refractivity contribution >= 4 is 33.8 Å². The normalized spacial score (nSPS) is 17.4. The van der Waals surface area contributed by atoms with Gasteiger partial charge in [-0.25, -0.2) is 4.98 Å². The minimum absolute atomic E-state index is 0.0749. The number of hydrogen-bond acceptors (Lipinski definition) is 10. The van der Waals surface area contributed by atoms with Crippen LogP contribution in [0, 0.1) is 12.8 Å². The van der Waals surface area contributed by atoms with E-state index in [2.05, 4.69) is 4.98 Å². The highest BCUT2D eigenvalue weighted by Crippen LogP contribution is 2.44. The van der Waals surface area contributed by atoms with Crippen molar-refractivity contribution < 1.29 is 32.0 Å². The minimum Gasteiger partial charge on any atom is -0.493 e. The van der Waals surface area contributed by atoms with Gasteiger partial charge in [-0.3, -0.25) is 19.1 Å². The van der Waals surface area contributed by atoms with E-state index >= 15 is 0 Å². The van der Waals surface area contributed by atoms with Crippen molar-refractivity contribution in [2.24, 2.45) is 16.6 Å². The van der Waals surface area contributed by atoms with Crippen molar-refractivity contribution in [2.45, 2.75) is 38.1 Å². The lowest BCUT2D eigenvalue weighted by atomic mass is 9.71. The van der Waals surface area contributed by atoms with Gasteiger partial charge in [0.2, 0.25) is 5.43 Å².